The SMILES string of the molecule is Clc1cc(Br)cc(-c2nnc(Br)s2)c1. The van der Waals surface area contributed by atoms with Crippen LogP contribution in [0.25, 0.3) is 10.6 Å². The van der Waals surface area contributed by atoms with Crippen molar-refractivity contribution in [3.63, 3.8) is 0 Å². The minimum atomic E-state index is 0.681. The van der Waals surface area contributed by atoms with Crippen LogP contribution < -0.4 is 0 Å². The second-order valence-corrected chi connectivity index (χ2v) is 6.12. The van der Waals surface area contributed by atoms with Gasteiger partial charge >= 0.3 is 0 Å². The molecule has 0 aliphatic heterocycles. The molecule has 1 heterocycles. The second-order valence-electron chi connectivity index (χ2n) is 2.52. The van der Waals surface area contributed by atoms with Gasteiger partial charge in [-0.15, -0.1) is 10.2 Å². The summed E-state index contributed by atoms with van der Waals surface area (Å²) in [6.07, 6.45) is 0. The molecule has 0 atom stereocenters. The largest absolute Gasteiger partial charge is 0.183 e. The predicted molar refractivity (Wildman–Crippen MR) is 65.8 cm³/mol. The van der Waals surface area contributed by atoms with Crippen LogP contribution in [0.1, 0.15) is 0 Å². The van der Waals surface area contributed by atoms with E-state index in [1.165, 1.54) is 11.3 Å². The summed E-state index contributed by atoms with van der Waals surface area (Å²) < 4.78 is 1.70. The van der Waals surface area contributed by atoms with E-state index in [-0.39, 0.29) is 0 Å². The Morgan fingerprint density at radius 3 is 2.50 bits per heavy atom. The van der Waals surface area contributed by atoms with E-state index >= 15 is 0 Å². The second kappa shape index (κ2) is 4.26. The molecule has 0 saturated heterocycles. The molecule has 0 aliphatic carbocycles. The first kappa shape index (κ1) is 10.5. The zero-order valence-electron chi connectivity index (χ0n) is 6.67. The molecule has 0 bridgehead atoms. The number of hydrogen-bond donors (Lipinski definition) is 0. The lowest BCUT2D eigenvalue weighted by Gasteiger charge is -1.97. The van der Waals surface area contributed by atoms with Gasteiger partial charge in [-0.3, -0.25) is 0 Å². The fraction of sp³-hybridized carbons (Fsp3) is 0. The first-order valence-electron chi connectivity index (χ1n) is 3.60. The van der Waals surface area contributed by atoms with Crippen molar-refractivity contribution >= 4 is 54.8 Å². The van der Waals surface area contributed by atoms with Crippen molar-refractivity contribution in [3.05, 3.63) is 31.6 Å². The zero-order chi connectivity index (χ0) is 10.1. The highest BCUT2D eigenvalue weighted by Crippen LogP contribution is 2.30. The molecule has 0 amide bonds. The van der Waals surface area contributed by atoms with Gasteiger partial charge in [-0.25, -0.2) is 0 Å². The molecular weight excluding hydrogens is 351 g/mol. The lowest BCUT2D eigenvalue weighted by molar-refractivity contribution is 1.08. The molecule has 2 rings (SSSR count). The number of rotatable bonds is 1. The van der Waals surface area contributed by atoms with Crippen LogP contribution in [0.3, 0.4) is 0 Å². The van der Waals surface area contributed by atoms with Crippen molar-refractivity contribution in [1.29, 1.82) is 0 Å². The maximum absolute atomic E-state index is 5.92. The molecule has 0 N–H and O–H groups in total. The Kier molecular flexibility index (Phi) is 3.21. The Morgan fingerprint density at radius 1 is 1.14 bits per heavy atom. The standard InChI is InChI=1S/C8H3Br2ClN2S/c9-5-1-4(2-6(11)3-5)7-12-13-8(10)14-7/h1-3H. The van der Waals surface area contributed by atoms with E-state index in [2.05, 4.69) is 42.1 Å². The van der Waals surface area contributed by atoms with Gasteiger partial charge in [0.25, 0.3) is 0 Å². The van der Waals surface area contributed by atoms with Gasteiger partial charge in [-0.05, 0) is 34.1 Å². The molecule has 2 nitrogen and oxygen atoms in total. The Bertz CT molecular complexity index is 452. The van der Waals surface area contributed by atoms with Gasteiger partial charge < -0.3 is 0 Å². The topological polar surface area (TPSA) is 25.8 Å². The monoisotopic (exact) mass is 352 g/mol. The smallest absolute Gasteiger partial charge is 0.137 e. The number of nitrogens with zero attached hydrogens (tertiary/aromatic N) is 2. The van der Waals surface area contributed by atoms with Crippen LogP contribution in [-0.2, 0) is 0 Å². The van der Waals surface area contributed by atoms with Crippen LogP contribution in [-0.4, -0.2) is 10.2 Å². The average Bonchev–Trinajstić information content (AvgIpc) is 2.50. The van der Waals surface area contributed by atoms with Crippen molar-refractivity contribution in [2.45, 2.75) is 0 Å². The fourth-order valence-corrected chi connectivity index (χ4v) is 2.96. The summed E-state index contributed by atoms with van der Waals surface area (Å²) in [6, 6.07) is 5.65. The normalized spacial score (nSPS) is 10.5. The highest BCUT2D eigenvalue weighted by Gasteiger charge is 2.06. The van der Waals surface area contributed by atoms with Crippen LogP contribution in [0.15, 0.2) is 26.6 Å². The van der Waals surface area contributed by atoms with E-state index in [9.17, 15) is 0 Å². The van der Waals surface area contributed by atoms with E-state index in [4.69, 9.17) is 11.6 Å². The highest BCUT2D eigenvalue weighted by atomic mass is 79.9. The third kappa shape index (κ3) is 2.34. The van der Waals surface area contributed by atoms with E-state index in [1.807, 2.05) is 18.2 Å². The van der Waals surface area contributed by atoms with Crippen molar-refractivity contribution in [2.24, 2.45) is 0 Å². The maximum Gasteiger partial charge on any atom is 0.183 e. The molecule has 0 radical (unpaired) electrons. The molecule has 1 aromatic heterocycles. The Labute approximate surface area is 107 Å². The Balaban J connectivity index is 2.51. The summed E-state index contributed by atoms with van der Waals surface area (Å²) in [5.41, 5.74) is 0.965. The maximum atomic E-state index is 5.92. The highest BCUT2D eigenvalue weighted by molar-refractivity contribution is 9.11. The van der Waals surface area contributed by atoms with Crippen LogP contribution in [0.2, 0.25) is 5.02 Å². The Hall–Kier alpha value is 0.0300. The molecule has 1 aromatic carbocycles. The molecular formula is C8H3Br2ClN2S. The van der Waals surface area contributed by atoms with Gasteiger partial charge in [-0.2, -0.15) is 0 Å². The number of aromatic nitrogens is 2. The molecule has 0 aliphatic rings. The minimum Gasteiger partial charge on any atom is -0.137 e. The van der Waals surface area contributed by atoms with Crippen molar-refractivity contribution in [3.8, 4) is 10.6 Å². The van der Waals surface area contributed by atoms with E-state index in [0.717, 1.165) is 19.0 Å². The van der Waals surface area contributed by atoms with Crippen molar-refractivity contribution in [2.75, 3.05) is 0 Å². The summed E-state index contributed by atoms with van der Waals surface area (Å²) in [7, 11) is 0. The number of benzene rings is 1. The molecule has 2 aromatic rings. The van der Waals surface area contributed by atoms with Gasteiger partial charge in [0.05, 0.1) is 0 Å². The van der Waals surface area contributed by atoms with Gasteiger partial charge in [0.2, 0.25) is 0 Å². The molecule has 14 heavy (non-hydrogen) atoms. The number of hydrogen-bond acceptors (Lipinski definition) is 3. The first-order chi connectivity index (χ1) is 6.65. The molecule has 6 heteroatoms. The summed E-state index contributed by atoms with van der Waals surface area (Å²) >= 11 is 14.0. The first-order valence-corrected chi connectivity index (χ1v) is 6.38. The van der Waals surface area contributed by atoms with Crippen molar-refractivity contribution in [1.82, 2.24) is 10.2 Å². The fourth-order valence-electron chi connectivity index (χ4n) is 0.999. The Morgan fingerprint density at radius 2 is 1.93 bits per heavy atom. The molecule has 72 valence electrons. The van der Waals surface area contributed by atoms with E-state index in [1.54, 1.807) is 0 Å². The van der Waals surface area contributed by atoms with Gasteiger partial charge in [0.15, 0.2) is 3.92 Å². The average molecular weight is 354 g/mol. The quantitative estimate of drug-likeness (QED) is 0.759. The van der Waals surface area contributed by atoms with Crippen LogP contribution in [0, 0.1) is 0 Å². The van der Waals surface area contributed by atoms with Crippen LogP contribution >= 0.6 is 54.8 Å². The van der Waals surface area contributed by atoms with Gasteiger partial charge in [0.1, 0.15) is 5.01 Å². The molecule has 0 spiro atoms. The lowest BCUT2D eigenvalue weighted by Crippen LogP contribution is -1.77. The third-order valence-corrected chi connectivity index (χ3v) is 3.59. The summed E-state index contributed by atoms with van der Waals surface area (Å²) in [6.45, 7) is 0. The third-order valence-electron chi connectivity index (χ3n) is 1.51. The lowest BCUT2D eigenvalue weighted by atomic mass is 10.2. The van der Waals surface area contributed by atoms with E-state index < -0.39 is 0 Å². The molecule has 0 fully saturated rings. The van der Waals surface area contributed by atoms with Gasteiger partial charge in [0, 0.05) is 15.1 Å². The summed E-state index contributed by atoms with van der Waals surface area (Å²) in [4.78, 5) is 0. The molecule has 0 saturated carbocycles. The molecule has 0 unspecified atom stereocenters. The van der Waals surface area contributed by atoms with Crippen LogP contribution in [0.4, 0.5) is 0 Å². The minimum absolute atomic E-state index is 0.681. The number of halogens is 3. The zero-order valence-corrected chi connectivity index (χ0v) is 11.4. The van der Waals surface area contributed by atoms with E-state index in [0.29, 0.717) is 5.02 Å². The summed E-state index contributed by atoms with van der Waals surface area (Å²) in [5, 5.41) is 9.42. The summed E-state index contributed by atoms with van der Waals surface area (Å²) in [5.74, 6) is 0. The predicted octanol–water partition coefficient (Wildman–Crippen LogP) is 4.38. The van der Waals surface area contributed by atoms with Crippen LogP contribution in [0.5, 0.6) is 0 Å². The van der Waals surface area contributed by atoms with Gasteiger partial charge in [-0.1, -0.05) is 38.9 Å². The van der Waals surface area contributed by atoms with Crippen molar-refractivity contribution < 1.29 is 0 Å².